The topological polar surface area (TPSA) is 72.9 Å². The van der Waals surface area contributed by atoms with E-state index < -0.39 is 11.6 Å². The van der Waals surface area contributed by atoms with Gasteiger partial charge in [-0.15, -0.1) is 0 Å². The summed E-state index contributed by atoms with van der Waals surface area (Å²) in [6, 6.07) is 2.22. The molecule has 5 nitrogen and oxygen atoms in total. The third-order valence-electron chi connectivity index (χ3n) is 3.49. The molecular formula is C16H22F2N4O. The zero-order valence-electron chi connectivity index (χ0n) is 13.6. The van der Waals surface area contributed by atoms with Gasteiger partial charge in [0.05, 0.1) is 11.0 Å². The molecule has 126 valence electrons. The zero-order valence-corrected chi connectivity index (χ0v) is 13.6. The minimum Gasteiger partial charge on any atom is -0.355 e. The number of nitrogens with one attached hydrogen (secondary N) is 1. The molecule has 7 heteroatoms. The molecule has 1 aromatic heterocycles. The van der Waals surface area contributed by atoms with Crippen LogP contribution in [-0.2, 0) is 16.8 Å². The van der Waals surface area contributed by atoms with Crippen LogP contribution in [0.25, 0.3) is 11.0 Å². The molecule has 2 rings (SSSR count). The first kappa shape index (κ1) is 17.3. The van der Waals surface area contributed by atoms with Crippen LogP contribution < -0.4 is 11.1 Å². The van der Waals surface area contributed by atoms with Crippen LogP contribution in [0, 0.1) is 11.6 Å². The van der Waals surface area contributed by atoms with Crippen molar-refractivity contribution in [2.24, 2.45) is 5.73 Å². The van der Waals surface area contributed by atoms with Crippen molar-refractivity contribution in [3.8, 4) is 0 Å². The molecule has 23 heavy (non-hydrogen) atoms. The molecule has 0 spiro atoms. The predicted octanol–water partition coefficient (Wildman–Crippen LogP) is 2.08. The fraction of sp³-hybridized carbons (Fsp3) is 0.500. The lowest BCUT2D eigenvalue weighted by Gasteiger charge is -2.20. The highest BCUT2D eigenvalue weighted by Gasteiger charge is 2.24. The average molecular weight is 324 g/mol. The van der Waals surface area contributed by atoms with Crippen molar-refractivity contribution in [2.75, 3.05) is 13.1 Å². The number of benzene rings is 1. The van der Waals surface area contributed by atoms with Crippen molar-refractivity contribution < 1.29 is 13.6 Å². The molecule has 0 unspecified atom stereocenters. The number of imidazole rings is 1. The van der Waals surface area contributed by atoms with Gasteiger partial charge in [-0.1, -0.05) is 20.8 Å². The number of aromatic nitrogens is 2. The Morgan fingerprint density at radius 3 is 2.57 bits per heavy atom. The lowest BCUT2D eigenvalue weighted by molar-refractivity contribution is -0.121. The highest BCUT2D eigenvalue weighted by atomic mass is 19.2. The maximum atomic E-state index is 13.6. The Bertz CT molecular complexity index is 719. The number of hydrogen-bond acceptors (Lipinski definition) is 3. The van der Waals surface area contributed by atoms with Crippen LogP contribution in [0.3, 0.4) is 0 Å². The molecule has 0 saturated heterocycles. The highest BCUT2D eigenvalue weighted by Crippen LogP contribution is 2.28. The van der Waals surface area contributed by atoms with Crippen LogP contribution in [0.4, 0.5) is 8.78 Å². The summed E-state index contributed by atoms with van der Waals surface area (Å²) in [5.41, 5.74) is 5.90. The lowest BCUT2D eigenvalue weighted by atomic mass is 9.95. The number of carbonyl (C=O) groups is 1. The second-order valence-corrected chi connectivity index (χ2v) is 6.48. The van der Waals surface area contributed by atoms with Crippen LogP contribution in [-0.4, -0.2) is 28.5 Å². The molecule has 0 bridgehead atoms. The summed E-state index contributed by atoms with van der Waals surface area (Å²) in [5.74, 6) is -1.31. The van der Waals surface area contributed by atoms with Crippen molar-refractivity contribution in [1.82, 2.24) is 14.9 Å². The van der Waals surface area contributed by atoms with Gasteiger partial charge < -0.3 is 15.6 Å². The first-order chi connectivity index (χ1) is 10.7. The second-order valence-electron chi connectivity index (χ2n) is 6.48. The largest absolute Gasteiger partial charge is 0.355 e. The third kappa shape index (κ3) is 3.85. The standard InChI is InChI=1S/C16H22F2N4O/c1-16(2,3)15-21-12-8-10(17)11(18)9-13(12)22(15)7-4-14(23)20-6-5-19/h8-9H,4-7,19H2,1-3H3,(H,20,23). The van der Waals surface area contributed by atoms with E-state index in [1.807, 2.05) is 20.8 Å². The fourth-order valence-electron chi connectivity index (χ4n) is 2.43. The summed E-state index contributed by atoms with van der Waals surface area (Å²) in [4.78, 5) is 16.2. The Morgan fingerprint density at radius 2 is 1.96 bits per heavy atom. The number of carbonyl (C=O) groups excluding carboxylic acids is 1. The molecule has 0 aliphatic carbocycles. The van der Waals surface area contributed by atoms with E-state index in [9.17, 15) is 13.6 Å². The molecule has 0 saturated carbocycles. The number of halogens is 2. The van der Waals surface area contributed by atoms with Gasteiger partial charge in [0.15, 0.2) is 11.6 Å². The van der Waals surface area contributed by atoms with E-state index >= 15 is 0 Å². The van der Waals surface area contributed by atoms with Gasteiger partial charge in [0.25, 0.3) is 0 Å². The number of nitrogens with two attached hydrogens (primary N) is 1. The summed E-state index contributed by atoms with van der Waals surface area (Å²) in [5, 5.41) is 2.69. The van der Waals surface area contributed by atoms with Crippen LogP contribution in [0.5, 0.6) is 0 Å². The third-order valence-corrected chi connectivity index (χ3v) is 3.49. The van der Waals surface area contributed by atoms with E-state index in [4.69, 9.17) is 5.73 Å². The lowest BCUT2D eigenvalue weighted by Crippen LogP contribution is -2.30. The number of amides is 1. The molecule has 0 atom stereocenters. The monoisotopic (exact) mass is 324 g/mol. The summed E-state index contributed by atoms with van der Waals surface area (Å²) >= 11 is 0. The van der Waals surface area contributed by atoms with E-state index in [1.54, 1.807) is 4.57 Å². The summed E-state index contributed by atoms with van der Waals surface area (Å²) in [6.07, 6.45) is 0.216. The van der Waals surface area contributed by atoms with Crippen LogP contribution >= 0.6 is 0 Å². The first-order valence-corrected chi connectivity index (χ1v) is 7.56. The van der Waals surface area contributed by atoms with E-state index in [1.165, 1.54) is 0 Å². The SMILES string of the molecule is CC(C)(C)c1nc2cc(F)c(F)cc2n1CCC(=O)NCCN. The maximum absolute atomic E-state index is 13.6. The van der Waals surface area contributed by atoms with Crippen molar-refractivity contribution in [3.05, 3.63) is 29.6 Å². The van der Waals surface area contributed by atoms with Crippen LogP contribution in [0.15, 0.2) is 12.1 Å². The molecule has 2 aromatic rings. The minimum absolute atomic E-state index is 0.139. The number of fused-ring (bicyclic) bond motifs is 1. The van der Waals surface area contributed by atoms with Gasteiger partial charge in [0.1, 0.15) is 5.82 Å². The molecule has 1 aromatic carbocycles. The predicted molar refractivity (Wildman–Crippen MR) is 85.0 cm³/mol. The summed E-state index contributed by atoms with van der Waals surface area (Å²) in [7, 11) is 0. The number of rotatable bonds is 5. The Labute approximate surface area is 133 Å². The van der Waals surface area contributed by atoms with Gasteiger partial charge in [-0.25, -0.2) is 13.8 Å². The molecule has 1 amide bonds. The Hall–Kier alpha value is -2.02. The smallest absolute Gasteiger partial charge is 0.221 e. The number of aryl methyl sites for hydroxylation is 1. The van der Waals surface area contributed by atoms with Gasteiger partial charge in [0, 0.05) is 43.6 Å². The van der Waals surface area contributed by atoms with Crippen LogP contribution in [0.1, 0.15) is 33.0 Å². The molecule has 0 aliphatic rings. The van der Waals surface area contributed by atoms with Gasteiger partial charge in [-0.05, 0) is 0 Å². The highest BCUT2D eigenvalue weighted by molar-refractivity contribution is 5.78. The minimum atomic E-state index is -0.928. The molecular weight excluding hydrogens is 302 g/mol. The van der Waals surface area contributed by atoms with Crippen LogP contribution in [0.2, 0.25) is 0 Å². The van der Waals surface area contributed by atoms with Gasteiger partial charge in [-0.3, -0.25) is 4.79 Å². The summed E-state index contributed by atoms with van der Waals surface area (Å²) < 4.78 is 28.8. The van der Waals surface area contributed by atoms with Crippen molar-refractivity contribution in [2.45, 2.75) is 39.2 Å². The maximum Gasteiger partial charge on any atom is 0.221 e. The van der Waals surface area contributed by atoms with Gasteiger partial charge >= 0.3 is 0 Å². The van der Waals surface area contributed by atoms with Crippen molar-refractivity contribution in [1.29, 1.82) is 0 Å². The first-order valence-electron chi connectivity index (χ1n) is 7.56. The average Bonchev–Trinajstić information content (AvgIpc) is 2.81. The van der Waals surface area contributed by atoms with E-state index in [0.29, 0.717) is 36.5 Å². The normalized spacial score (nSPS) is 11.9. The van der Waals surface area contributed by atoms with E-state index in [-0.39, 0.29) is 17.7 Å². The second kappa shape index (κ2) is 6.62. The van der Waals surface area contributed by atoms with E-state index in [0.717, 1.165) is 12.1 Å². The Balaban J connectivity index is 2.39. The fourth-order valence-corrected chi connectivity index (χ4v) is 2.43. The van der Waals surface area contributed by atoms with Gasteiger partial charge in [0.2, 0.25) is 5.91 Å². The Kier molecular flexibility index (Phi) is 4.99. The molecule has 3 N–H and O–H groups in total. The molecule has 1 heterocycles. The van der Waals surface area contributed by atoms with Gasteiger partial charge in [-0.2, -0.15) is 0 Å². The number of nitrogens with zero attached hydrogens (tertiary/aromatic N) is 2. The van der Waals surface area contributed by atoms with Crippen molar-refractivity contribution >= 4 is 16.9 Å². The molecule has 0 radical (unpaired) electrons. The van der Waals surface area contributed by atoms with E-state index in [2.05, 4.69) is 10.3 Å². The number of hydrogen-bond donors (Lipinski definition) is 2. The molecule has 0 fully saturated rings. The Morgan fingerprint density at radius 1 is 1.30 bits per heavy atom. The molecule has 0 aliphatic heterocycles. The summed E-state index contributed by atoms with van der Waals surface area (Å²) in [6.45, 7) is 7.02. The zero-order chi connectivity index (χ0) is 17.2. The van der Waals surface area contributed by atoms with Crippen molar-refractivity contribution in [3.63, 3.8) is 0 Å². The quantitative estimate of drug-likeness (QED) is 0.884.